The summed E-state index contributed by atoms with van der Waals surface area (Å²) in [6, 6.07) is 14.4. The molecule has 1 heterocycles. The summed E-state index contributed by atoms with van der Waals surface area (Å²) >= 11 is 3.22. The van der Waals surface area contributed by atoms with Gasteiger partial charge in [-0.1, -0.05) is 22.0 Å². The van der Waals surface area contributed by atoms with E-state index in [0.29, 0.717) is 15.8 Å². The number of sulfonamides is 1. The van der Waals surface area contributed by atoms with Crippen molar-refractivity contribution in [3.05, 3.63) is 81.0 Å². The number of carbonyl (C=O) groups is 1. The first kappa shape index (κ1) is 19.6. The number of anilines is 2. The Morgan fingerprint density at radius 3 is 2.32 bits per heavy atom. The Hall–Kier alpha value is -3.18. The minimum absolute atomic E-state index is 0.0960. The van der Waals surface area contributed by atoms with Crippen molar-refractivity contribution in [1.29, 1.82) is 0 Å². The van der Waals surface area contributed by atoms with Gasteiger partial charge in [0.2, 0.25) is 0 Å². The molecule has 9 nitrogen and oxygen atoms in total. The van der Waals surface area contributed by atoms with Crippen LogP contribution in [0.5, 0.6) is 0 Å². The highest BCUT2D eigenvalue weighted by Gasteiger charge is 2.18. The van der Waals surface area contributed by atoms with Crippen molar-refractivity contribution in [2.45, 2.75) is 4.90 Å². The number of hydrogen-bond donors (Lipinski definition) is 2. The highest BCUT2D eigenvalue weighted by Crippen LogP contribution is 2.22. The molecule has 1 amide bonds. The highest BCUT2D eigenvalue weighted by molar-refractivity contribution is 9.10. The van der Waals surface area contributed by atoms with Crippen LogP contribution < -0.4 is 10.0 Å². The lowest BCUT2D eigenvalue weighted by atomic mass is 10.3. The summed E-state index contributed by atoms with van der Waals surface area (Å²) in [7, 11) is -3.77. The first-order chi connectivity index (χ1) is 13.2. The zero-order valence-corrected chi connectivity index (χ0v) is 16.4. The van der Waals surface area contributed by atoms with E-state index < -0.39 is 26.7 Å². The Labute approximate surface area is 167 Å². The molecular formula is C17H12BrN3O6S. The van der Waals surface area contributed by atoms with Crippen LogP contribution in [-0.2, 0) is 10.0 Å². The standard InChI is InChI=1S/C17H12BrN3O6S/c18-11-2-1-3-14(10-11)28(25,26)20-13-6-4-12(5-7-13)19-17(22)15-8-9-16(27-15)21(23)24/h1-10,20H,(H,19,22). The molecule has 28 heavy (non-hydrogen) atoms. The van der Waals surface area contributed by atoms with Gasteiger partial charge in [-0.25, -0.2) is 8.42 Å². The van der Waals surface area contributed by atoms with E-state index in [1.807, 2.05) is 0 Å². The van der Waals surface area contributed by atoms with Crippen LogP contribution in [0, 0.1) is 10.1 Å². The molecule has 144 valence electrons. The zero-order valence-electron chi connectivity index (χ0n) is 14.0. The van der Waals surface area contributed by atoms with Crippen molar-refractivity contribution in [3.63, 3.8) is 0 Å². The summed E-state index contributed by atoms with van der Waals surface area (Å²) in [5.74, 6) is -1.43. The Balaban J connectivity index is 1.69. The SMILES string of the molecule is O=C(Nc1ccc(NS(=O)(=O)c2cccc(Br)c2)cc1)c1ccc([N+](=O)[O-])o1. The van der Waals surface area contributed by atoms with Crippen LogP contribution in [0.25, 0.3) is 0 Å². The van der Waals surface area contributed by atoms with Crippen molar-refractivity contribution in [3.8, 4) is 0 Å². The van der Waals surface area contributed by atoms with Gasteiger partial charge in [-0.05, 0) is 48.5 Å². The number of furan rings is 1. The molecule has 2 aromatic carbocycles. The van der Waals surface area contributed by atoms with Crippen molar-refractivity contribution in [1.82, 2.24) is 0 Å². The molecule has 11 heteroatoms. The molecular weight excluding hydrogens is 454 g/mol. The minimum atomic E-state index is -3.77. The van der Waals surface area contributed by atoms with Crippen molar-refractivity contribution >= 4 is 49.1 Å². The Morgan fingerprint density at radius 2 is 1.71 bits per heavy atom. The molecule has 0 saturated carbocycles. The quantitative estimate of drug-likeness (QED) is 0.417. The van der Waals surface area contributed by atoms with Crippen LogP contribution in [0.1, 0.15) is 10.6 Å². The summed E-state index contributed by atoms with van der Waals surface area (Å²) in [4.78, 5) is 22.0. The average Bonchev–Trinajstić information content (AvgIpc) is 3.14. The van der Waals surface area contributed by atoms with Gasteiger partial charge >= 0.3 is 5.88 Å². The number of amides is 1. The van der Waals surface area contributed by atoms with E-state index in [-0.39, 0.29) is 10.7 Å². The molecule has 3 aromatic rings. The van der Waals surface area contributed by atoms with E-state index in [2.05, 4.69) is 26.0 Å². The van der Waals surface area contributed by atoms with E-state index in [9.17, 15) is 23.3 Å². The van der Waals surface area contributed by atoms with E-state index in [1.54, 1.807) is 12.1 Å². The minimum Gasteiger partial charge on any atom is -0.395 e. The molecule has 0 atom stereocenters. The van der Waals surface area contributed by atoms with E-state index in [0.717, 1.165) is 6.07 Å². The monoisotopic (exact) mass is 465 g/mol. The molecule has 0 aliphatic carbocycles. The van der Waals surface area contributed by atoms with Crippen LogP contribution in [0.4, 0.5) is 17.3 Å². The third-order valence-electron chi connectivity index (χ3n) is 3.50. The van der Waals surface area contributed by atoms with E-state index >= 15 is 0 Å². The van der Waals surface area contributed by atoms with Gasteiger partial charge in [-0.2, -0.15) is 0 Å². The summed E-state index contributed by atoms with van der Waals surface area (Å²) < 4.78 is 32.7. The second kappa shape index (κ2) is 7.82. The summed E-state index contributed by atoms with van der Waals surface area (Å²) in [6.45, 7) is 0. The number of benzene rings is 2. The van der Waals surface area contributed by atoms with Crippen LogP contribution in [-0.4, -0.2) is 19.2 Å². The number of nitro groups is 1. The third kappa shape index (κ3) is 4.56. The fourth-order valence-electron chi connectivity index (χ4n) is 2.21. The smallest absolute Gasteiger partial charge is 0.395 e. The van der Waals surface area contributed by atoms with Gasteiger partial charge < -0.3 is 9.73 Å². The number of nitrogens with one attached hydrogen (secondary N) is 2. The Kier molecular flexibility index (Phi) is 5.47. The molecule has 2 N–H and O–H groups in total. The zero-order chi connectivity index (χ0) is 20.3. The predicted octanol–water partition coefficient (Wildman–Crippen LogP) is 4.00. The number of carbonyl (C=O) groups excluding carboxylic acids is 1. The molecule has 0 bridgehead atoms. The largest absolute Gasteiger partial charge is 0.433 e. The number of hydrogen-bond acceptors (Lipinski definition) is 6. The molecule has 0 radical (unpaired) electrons. The average molecular weight is 466 g/mol. The molecule has 1 aromatic heterocycles. The van der Waals surface area contributed by atoms with Gasteiger partial charge in [0.1, 0.15) is 4.92 Å². The van der Waals surface area contributed by atoms with Gasteiger partial charge in [0.15, 0.2) is 5.76 Å². The van der Waals surface area contributed by atoms with Crippen molar-refractivity contribution < 1.29 is 22.6 Å². The summed E-state index contributed by atoms with van der Waals surface area (Å²) in [5, 5.41) is 13.1. The van der Waals surface area contributed by atoms with Crippen LogP contribution in [0.2, 0.25) is 0 Å². The fraction of sp³-hybridized carbons (Fsp3) is 0. The molecule has 0 spiro atoms. The molecule has 0 aliphatic rings. The second-order valence-corrected chi connectivity index (χ2v) is 8.09. The van der Waals surface area contributed by atoms with Crippen LogP contribution in [0.15, 0.2) is 74.4 Å². The lowest BCUT2D eigenvalue weighted by Gasteiger charge is -2.09. The molecule has 3 rings (SSSR count). The van der Waals surface area contributed by atoms with Gasteiger partial charge in [0.25, 0.3) is 15.9 Å². The van der Waals surface area contributed by atoms with Gasteiger partial charge in [-0.3, -0.25) is 19.6 Å². The van der Waals surface area contributed by atoms with E-state index in [1.165, 1.54) is 42.5 Å². The maximum atomic E-state index is 12.4. The third-order valence-corrected chi connectivity index (χ3v) is 5.37. The van der Waals surface area contributed by atoms with Crippen LogP contribution >= 0.6 is 15.9 Å². The molecule has 0 unspecified atom stereocenters. The maximum Gasteiger partial charge on any atom is 0.433 e. The molecule has 0 aliphatic heterocycles. The second-order valence-electron chi connectivity index (χ2n) is 5.49. The fourth-order valence-corrected chi connectivity index (χ4v) is 3.87. The summed E-state index contributed by atoms with van der Waals surface area (Å²) in [6.07, 6.45) is 0. The number of rotatable bonds is 6. The number of nitrogens with zero attached hydrogens (tertiary/aromatic N) is 1. The van der Waals surface area contributed by atoms with Crippen molar-refractivity contribution in [2.75, 3.05) is 10.0 Å². The first-order valence-corrected chi connectivity index (χ1v) is 9.96. The number of halogens is 1. The van der Waals surface area contributed by atoms with Crippen molar-refractivity contribution in [2.24, 2.45) is 0 Å². The molecule has 0 fully saturated rings. The van der Waals surface area contributed by atoms with Gasteiger partial charge in [0.05, 0.1) is 11.0 Å². The summed E-state index contributed by atoms with van der Waals surface area (Å²) in [5.41, 5.74) is 0.654. The van der Waals surface area contributed by atoms with Gasteiger partial charge in [0, 0.05) is 15.8 Å². The Bertz CT molecular complexity index is 1140. The lowest BCUT2D eigenvalue weighted by Crippen LogP contribution is -2.13. The topological polar surface area (TPSA) is 132 Å². The first-order valence-electron chi connectivity index (χ1n) is 7.69. The molecule has 0 saturated heterocycles. The van der Waals surface area contributed by atoms with Crippen LogP contribution in [0.3, 0.4) is 0 Å². The Morgan fingerprint density at radius 1 is 1.04 bits per heavy atom. The van der Waals surface area contributed by atoms with E-state index in [4.69, 9.17) is 4.42 Å². The predicted molar refractivity (Wildman–Crippen MR) is 105 cm³/mol. The van der Waals surface area contributed by atoms with Gasteiger partial charge in [-0.15, -0.1) is 0 Å². The normalized spacial score (nSPS) is 11.0. The highest BCUT2D eigenvalue weighted by atomic mass is 79.9. The maximum absolute atomic E-state index is 12.4. The lowest BCUT2D eigenvalue weighted by molar-refractivity contribution is -0.402.